The molecule has 6 heteroatoms. The van der Waals surface area contributed by atoms with Crippen LogP contribution in [0.5, 0.6) is 0 Å². The van der Waals surface area contributed by atoms with Crippen LogP contribution in [0.1, 0.15) is 22.1 Å². The Kier molecular flexibility index (Phi) is 5.43. The van der Waals surface area contributed by atoms with Gasteiger partial charge in [-0.05, 0) is 23.8 Å². The Hall–Kier alpha value is -2.34. The summed E-state index contributed by atoms with van der Waals surface area (Å²) in [5.74, 6) is -0.114. The van der Waals surface area contributed by atoms with E-state index in [1.807, 2.05) is 54.6 Å². The third-order valence-corrected chi connectivity index (χ3v) is 5.33. The van der Waals surface area contributed by atoms with Crippen LogP contribution in [-0.2, 0) is 4.74 Å². The highest BCUT2D eigenvalue weighted by atomic mass is 35.5. The van der Waals surface area contributed by atoms with Crippen LogP contribution in [-0.4, -0.2) is 48.6 Å². The van der Waals surface area contributed by atoms with Crippen LogP contribution in [0.15, 0.2) is 54.6 Å². The highest BCUT2D eigenvalue weighted by Gasteiger charge is 2.25. The summed E-state index contributed by atoms with van der Waals surface area (Å²) in [7, 11) is 0. The molecule has 1 unspecified atom stereocenters. The number of nitrogens with zero attached hydrogens (tertiary/aromatic N) is 1. The number of H-pyrrole nitrogens is 1. The Morgan fingerprint density at radius 2 is 1.89 bits per heavy atom. The number of amides is 1. The molecule has 2 N–H and O–H groups in total. The predicted molar refractivity (Wildman–Crippen MR) is 107 cm³/mol. The summed E-state index contributed by atoms with van der Waals surface area (Å²) in [4.78, 5) is 18.2. The number of hydrogen-bond acceptors (Lipinski definition) is 3. The Morgan fingerprint density at radius 3 is 2.67 bits per heavy atom. The van der Waals surface area contributed by atoms with E-state index in [-0.39, 0.29) is 11.9 Å². The van der Waals surface area contributed by atoms with Gasteiger partial charge in [-0.3, -0.25) is 9.69 Å². The third-order valence-electron chi connectivity index (χ3n) is 4.98. The fourth-order valence-electron chi connectivity index (χ4n) is 3.55. The lowest BCUT2D eigenvalue weighted by Gasteiger charge is -2.35. The first-order valence-electron chi connectivity index (χ1n) is 9.14. The number of nitrogens with one attached hydrogen (secondary N) is 2. The van der Waals surface area contributed by atoms with Crippen molar-refractivity contribution in [2.24, 2.45) is 0 Å². The number of morpholine rings is 1. The minimum absolute atomic E-state index is 0.0101. The Bertz CT molecular complexity index is 901. The molecular weight excluding hydrogens is 362 g/mol. The molecule has 0 saturated carbocycles. The molecule has 1 aliphatic heterocycles. The van der Waals surface area contributed by atoms with Crippen LogP contribution in [0.25, 0.3) is 10.9 Å². The standard InChI is InChI=1S/C21H22ClN3O2/c22-17-7-3-2-6-16(17)20(25-9-11-27-12-10-25)14-23-21(26)19-13-15-5-1-4-8-18(15)24-19/h1-8,13,20,24H,9-12,14H2,(H,23,26). The molecule has 0 aliphatic carbocycles. The minimum Gasteiger partial charge on any atom is -0.379 e. The van der Waals surface area contributed by atoms with Crippen molar-refractivity contribution < 1.29 is 9.53 Å². The van der Waals surface area contributed by atoms with E-state index in [4.69, 9.17) is 16.3 Å². The normalized spacial score (nSPS) is 16.3. The van der Waals surface area contributed by atoms with Crippen molar-refractivity contribution in [3.63, 3.8) is 0 Å². The van der Waals surface area contributed by atoms with Crippen LogP contribution in [0, 0.1) is 0 Å². The number of carbonyl (C=O) groups excluding carboxylic acids is 1. The van der Waals surface area contributed by atoms with Crippen molar-refractivity contribution >= 4 is 28.4 Å². The summed E-state index contributed by atoms with van der Waals surface area (Å²) in [6.07, 6.45) is 0. The van der Waals surface area contributed by atoms with E-state index in [0.29, 0.717) is 30.5 Å². The maximum Gasteiger partial charge on any atom is 0.267 e. The molecule has 1 atom stereocenters. The van der Waals surface area contributed by atoms with Gasteiger partial charge in [0.1, 0.15) is 5.69 Å². The van der Waals surface area contributed by atoms with E-state index in [2.05, 4.69) is 15.2 Å². The molecular formula is C21H22ClN3O2. The van der Waals surface area contributed by atoms with E-state index in [1.54, 1.807) is 0 Å². The zero-order valence-electron chi connectivity index (χ0n) is 15.0. The first kappa shape index (κ1) is 18.0. The lowest BCUT2D eigenvalue weighted by molar-refractivity contribution is 0.0162. The first-order chi connectivity index (χ1) is 13.2. The minimum atomic E-state index is -0.114. The number of para-hydroxylation sites is 1. The maximum absolute atomic E-state index is 12.7. The second-order valence-electron chi connectivity index (χ2n) is 6.67. The van der Waals surface area contributed by atoms with Gasteiger partial charge in [-0.15, -0.1) is 0 Å². The van der Waals surface area contributed by atoms with Crippen LogP contribution in [0.3, 0.4) is 0 Å². The van der Waals surface area contributed by atoms with Crippen LogP contribution in [0.4, 0.5) is 0 Å². The molecule has 4 rings (SSSR count). The molecule has 27 heavy (non-hydrogen) atoms. The monoisotopic (exact) mass is 383 g/mol. The summed E-state index contributed by atoms with van der Waals surface area (Å²) in [6.45, 7) is 3.50. The largest absolute Gasteiger partial charge is 0.379 e. The number of halogens is 1. The summed E-state index contributed by atoms with van der Waals surface area (Å²) in [5.41, 5.74) is 2.55. The molecule has 0 bridgehead atoms. The molecule has 1 amide bonds. The number of hydrogen-bond donors (Lipinski definition) is 2. The molecule has 2 aromatic carbocycles. The molecule has 140 valence electrons. The zero-order chi connectivity index (χ0) is 18.6. The topological polar surface area (TPSA) is 57.4 Å². The van der Waals surface area contributed by atoms with Gasteiger partial charge in [0.15, 0.2) is 0 Å². The summed E-state index contributed by atoms with van der Waals surface area (Å²) in [6, 6.07) is 17.6. The Labute approximate surface area is 163 Å². The van der Waals surface area contributed by atoms with Gasteiger partial charge in [-0.2, -0.15) is 0 Å². The summed E-state index contributed by atoms with van der Waals surface area (Å²) in [5, 5.41) is 4.81. The van der Waals surface area contributed by atoms with Gasteiger partial charge in [0, 0.05) is 35.6 Å². The van der Waals surface area contributed by atoms with Gasteiger partial charge in [-0.25, -0.2) is 0 Å². The highest BCUT2D eigenvalue weighted by Crippen LogP contribution is 2.28. The zero-order valence-corrected chi connectivity index (χ0v) is 15.7. The number of rotatable bonds is 5. The Balaban J connectivity index is 1.52. The lowest BCUT2D eigenvalue weighted by atomic mass is 10.0. The molecule has 2 heterocycles. The number of aromatic nitrogens is 1. The SMILES string of the molecule is O=C(NCC(c1ccccc1Cl)N1CCOCC1)c1cc2ccccc2[nH]1. The molecule has 1 aliphatic rings. The van der Waals surface area contributed by atoms with Gasteiger partial charge in [0.2, 0.25) is 0 Å². The lowest BCUT2D eigenvalue weighted by Crippen LogP contribution is -2.44. The smallest absolute Gasteiger partial charge is 0.267 e. The van der Waals surface area contributed by atoms with Crippen molar-refractivity contribution in [1.82, 2.24) is 15.2 Å². The van der Waals surface area contributed by atoms with E-state index < -0.39 is 0 Å². The van der Waals surface area contributed by atoms with Crippen molar-refractivity contribution in [3.8, 4) is 0 Å². The fraction of sp³-hybridized carbons (Fsp3) is 0.286. The van der Waals surface area contributed by atoms with Gasteiger partial charge >= 0.3 is 0 Å². The molecule has 5 nitrogen and oxygen atoms in total. The molecule has 1 saturated heterocycles. The second kappa shape index (κ2) is 8.13. The van der Waals surface area contributed by atoms with E-state index in [1.165, 1.54) is 0 Å². The Morgan fingerprint density at radius 1 is 1.15 bits per heavy atom. The average molecular weight is 384 g/mol. The molecule has 0 spiro atoms. The third kappa shape index (κ3) is 4.00. The predicted octanol–water partition coefficient (Wildman–Crippen LogP) is 3.62. The number of carbonyl (C=O) groups is 1. The van der Waals surface area contributed by atoms with Gasteiger partial charge in [0.05, 0.1) is 19.3 Å². The molecule has 1 fully saturated rings. The number of aromatic amines is 1. The van der Waals surface area contributed by atoms with Crippen LogP contribution >= 0.6 is 11.6 Å². The molecule has 0 radical (unpaired) electrons. The second-order valence-corrected chi connectivity index (χ2v) is 7.07. The van der Waals surface area contributed by atoms with Crippen LogP contribution < -0.4 is 5.32 Å². The molecule has 1 aromatic heterocycles. The number of benzene rings is 2. The molecule has 3 aromatic rings. The summed E-state index contributed by atoms with van der Waals surface area (Å²) >= 11 is 6.45. The quantitative estimate of drug-likeness (QED) is 0.707. The van der Waals surface area contributed by atoms with E-state index in [9.17, 15) is 4.79 Å². The van der Waals surface area contributed by atoms with Gasteiger partial charge in [-0.1, -0.05) is 48.0 Å². The summed E-state index contributed by atoms with van der Waals surface area (Å²) < 4.78 is 5.48. The van der Waals surface area contributed by atoms with Crippen LogP contribution in [0.2, 0.25) is 5.02 Å². The van der Waals surface area contributed by atoms with Crippen molar-refractivity contribution in [1.29, 1.82) is 0 Å². The van der Waals surface area contributed by atoms with Crippen molar-refractivity contribution in [2.45, 2.75) is 6.04 Å². The fourth-order valence-corrected chi connectivity index (χ4v) is 3.81. The van der Waals surface area contributed by atoms with E-state index >= 15 is 0 Å². The average Bonchev–Trinajstić information content (AvgIpc) is 3.14. The van der Waals surface area contributed by atoms with Crippen molar-refractivity contribution in [3.05, 3.63) is 70.9 Å². The number of ether oxygens (including phenoxy) is 1. The van der Waals surface area contributed by atoms with Crippen molar-refractivity contribution in [2.75, 3.05) is 32.8 Å². The highest BCUT2D eigenvalue weighted by molar-refractivity contribution is 6.31. The number of fused-ring (bicyclic) bond motifs is 1. The van der Waals surface area contributed by atoms with E-state index in [0.717, 1.165) is 29.6 Å². The first-order valence-corrected chi connectivity index (χ1v) is 9.52. The maximum atomic E-state index is 12.7. The van der Waals surface area contributed by atoms with Gasteiger partial charge < -0.3 is 15.0 Å². The van der Waals surface area contributed by atoms with Gasteiger partial charge in [0.25, 0.3) is 5.91 Å².